The molecule has 0 amide bonds. The predicted molar refractivity (Wildman–Crippen MR) is 61.1 cm³/mol. The highest BCUT2D eigenvalue weighted by molar-refractivity contribution is 5.78. The fourth-order valence-corrected chi connectivity index (χ4v) is 1.67. The number of hydrogen-bond acceptors (Lipinski definition) is 5. The number of aliphatic carboxylic acids is 1. The highest BCUT2D eigenvalue weighted by atomic mass is 19.3. The van der Waals surface area contributed by atoms with Gasteiger partial charge in [0, 0.05) is 18.8 Å². The molecular formula is C12H16F2O6. The maximum atomic E-state index is 13.4. The smallest absolute Gasteiger partial charge is 0.378 e. The van der Waals surface area contributed by atoms with E-state index < -0.39 is 35.9 Å². The van der Waals surface area contributed by atoms with Crippen molar-refractivity contribution in [2.45, 2.75) is 44.1 Å². The Labute approximate surface area is 114 Å². The first-order chi connectivity index (χ1) is 9.28. The third kappa shape index (κ3) is 4.43. The summed E-state index contributed by atoms with van der Waals surface area (Å²) in [6, 6.07) is 0. The number of carbonyl (C=O) groups excluding carboxylic acids is 2. The molecule has 1 saturated carbocycles. The Hall–Kier alpha value is -1.73. The van der Waals surface area contributed by atoms with Crippen LogP contribution in [0.4, 0.5) is 8.78 Å². The molecule has 114 valence electrons. The third-order valence-electron chi connectivity index (χ3n) is 2.94. The second kappa shape index (κ2) is 6.62. The molecule has 1 rings (SSSR count). The van der Waals surface area contributed by atoms with Crippen molar-refractivity contribution < 1.29 is 37.7 Å². The Morgan fingerprint density at radius 3 is 2.25 bits per heavy atom. The van der Waals surface area contributed by atoms with Gasteiger partial charge in [0.25, 0.3) is 0 Å². The van der Waals surface area contributed by atoms with Crippen molar-refractivity contribution >= 4 is 17.9 Å². The molecule has 1 atom stereocenters. The van der Waals surface area contributed by atoms with Gasteiger partial charge in [-0.1, -0.05) is 0 Å². The molecule has 0 bridgehead atoms. The van der Waals surface area contributed by atoms with Crippen molar-refractivity contribution in [3.05, 3.63) is 0 Å². The molecule has 6 nitrogen and oxygen atoms in total. The van der Waals surface area contributed by atoms with Gasteiger partial charge in [-0.2, -0.15) is 8.78 Å². The lowest BCUT2D eigenvalue weighted by atomic mass is 10.1. The Kier molecular flexibility index (Phi) is 5.41. The van der Waals surface area contributed by atoms with E-state index in [-0.39, 0.29) is 19.3 Å². The third-order valence-corrected chi connectivity index (χ3v) is 2.94. The SMILES string of the molecule is COC(=O)CCCC(=O)OC(C1CC1)C(F)(F)C(=O)O. The summed E-state index contributed by atoms with van der Waals surface area (Å²) in [5, 5.41) is 8.48. The Bertz CT molecular complexity index is 391. The van der Waals surface area contributed by atoms with Crippen molar-refractivity contribution in [1.29, 1.82) is 0 Å². The van der Waals surface area contributed by atoms with Crippen molar-refractivity contribution in [2.24, 2.45) is 5.92 Å². The number of carbonyl (C=O) groups is 3. The molecule has 1 aliphatic carbocycles. The Morgan fingerprint density at radius 1 is 1.25 bits per heavy atom. The number of hydrogen-bond donors (Lipinski definition) is 1. The minimum Gasteiger partial charge on any atom is -0.477 e. The van der Waals surface area contributed by atoms with Gasteiger partial charge in [0.1, 0.15) is 0 Å². The molecule has 20 heavy (non-hydrogen) atoms. The number of esters is 2. The summed E-state index contributed by atoms with van der Waals surface area (Å²) < 4.78 is 35.8. The van der Waals surface area contributed by atoms with Crippen molar-refractivity contribution in [2.75, 3.05) is 7.11 Å². The van der Waals surface area contributed by atoms with Gasteiger partial charge < -0.3 is 14.6 Å². The molecule has 0 radical (unpaired) electrons. The van der Waals surface area contributed by atoms with E-state index in [0.717, 1.165) is 0 Å². The van der Waals surface area contributed by atoms with Crippen molar-refractivity contribution in [1.82, 2.24) is 0 Å². The number of halogens is 2. The van der Waals surface area contributed by atoms with E-state index in [2.05, 4.69) is 9.47 Å². The number of rotatable bonds is 8. The van der Waals surface area contributed by atoms with Gasteiger partial charge in [-0.15, -0.1) is 0 Å². The summed E-state index contributed by atoms with van der Waals surface area (Å²) in [7, 11) is 1.19. The molecule has 1 fully saturated rings. The van der Waals surface area contributed by atoms with Crippen LogP contribution >= 0.6 is 0 Å². The number of alkyl halides is 2. The van der Waals surface area contributed by atoms with E-state index in [0.29, 0.717) is 12.8 Å². The Morgan fingerprint density at radius 2 is 1.80 bits per heavy atom. The predicted octanol–water partition coefficient (Wildman–Crippen LogP) is 1.37. The van der Waals surface area contributed by atoms with Gasteiger partial charge >= 0.3 is 23.8 Å². The monoisotopic (exact) mass is 294 g/mol. The van der Waals surface area contributed by atoms with Crippen LogP contribution < -0.4 is 0 Å². The first-order valence-electron chi connectivity index (χ1n) is 6.16. The van der Waals surface area contributed by atoms with Gasteiger partial charge in [0.05, 0.1) is 7.11 Å². The van der Waals surface area contributed by atoms with E-state index in [1.165, 1.54) is 7.11 Å². The van der Waals surface area contributed by atoms with Gasteiger partial charge in [0.15, 0.2) is 6.10 Å². The largest absolute Gasteiger partial charge is 0.477 e. The number of carboxylic acid groups (broad SMARTS) is 1. The van der Waals surface area contributed by atoms with Crippen LogP contribution in [0.5, 0.6) is 0 Å². The fraction of sp³-hybridized carbons (Fsp3) is 0.750. The standard InChI is InChI=1S/C12H16F2O6/c1-19-8(15)3-2-4-9(16)20-10(7-5-6-7)12(13,14)11(17)18/h7,10H,2-6H2,1H3,(H,17,18). The summed E-state index contributed by atoms with van der Waals surface area (Å²) in [6.07, 6.45) is -1.30. The normalized spacial score (nSPS) is 16.4. The van der Waals surface area contributed by atoms with Crippen molar-refractivity contribution in [3.8, 4) is 0 Å². The molecule has 1 unspecified atom stereocenters. The lowest BCUT2D eigenvalue weighted by Crippen LogP contribution is -2.45. The van der Waals surface area contributed by atoms with Crippen LogP contribution in [0.15, 0.2) is 0 Å². The van der Waals surface area contributed by atoms with E-state index in [1.807, 2.05) is 0 Å². The van der Waals surface area contributed by atoms with E-state index in [9.17, 15) is 23.2 Å². The molecule has 0 heterocycles. The maximum Gasteiger partial charge on any atom is 0.378 e. The van der Waals surface area contributed by atoms with Crippen LogP contribution in [0.2, 0.25) is 0 Å². The molecular weight excluding hydrogens is 278 g/mol. The molecule has 0 aromatic heterocycles. The number of carboxylic acids is 1. The second-order valence-electron chi connectivity index (χ2n) is 4.61. The molecule has 1 aliphatic rings. The summed E-state index contributed by atoms with van der Waals surface area (Å²) in [5.41, 5.74) is 0. The number of methoxy groups -OCH3 is 1. The molecule has 8 heteroatoms. The molecule has 0 aromatic carbocycles. The van der Waals surface area contributed by atoms with Crippen LogP contribution in [-0.2, 0) is 23.9 Å². The van der Waals surface area contributed by atoms with Gasteiger partial charge in [0.2, 0.25) is 0 Å². The highest BCUT2D eigenvalue weighted by Gasteiger charge is 2.56. The molecule has 0 aromatic rings. The summed E-state index contributed by atoms with van der Waals surface area (Å²) in [6.45, 7) is 0. The lowest BCUT2D eigenvalue weighted by molar-refractivity contribution is -0.196. The van der Waals surface area contributed by atoms with E-state index >= 15 is 0 Å². The topological polar surface area (TPSA) is 89.9 Å². The maximum absolute atomic E-state index is 13.4. The summed E-state index contributed by atoms with van der Waals surface area (Å²) in [5.74, 6) is -8.49. The quantitative estimate of drug-likeness (QED) is 0.680. The zero-order valence-corrected chi connectivity index (χ0v) is 10.9. The zero-order chi connectivity index (χ0) is 15.3. The zero-order valence-electron chi connectivity index (χ0n) is 10.9. The van der Waals surface area contributed by atoms with Crippen LogP contribution in [0, 0.1) is 5.92 Å². The van der Waals surface area contributed by atoms with Gasteiger partial charge in [-0.3, -0.25) is 9.59 Å². The van der Waals surface area contributed by atoms with Crippen molar-refractivity contribution in [3.63, 3.8) is 0 Å². The molecule has 1 N–H and O–H groups in total. The van der Waals surface area contributed by atoms with E-state index in [4.69, 9.17) is 5.11 Å². The molecule has 0 aliphatic heterocycles. The van der Waals surface area contributed by atoms with E-state index in [1.54, 1.807) is 0 Å². The first kappa shape index (κ1) is 16.3. The first-order valence-corrected chi connectivity index (χ1v) is 6.16. The average Bonchev–Trinajstić information content (AvgIpc) is 3.19. The molecule has 0 saturated heterocycles. The molecule has 0 spiro atoms. The second-order valence-corrected chi connectivity index (χ2v) is 4.61. The fourth-order valence-electron chi connectivity index (χ4n) is 1.67. The van der Waals surface area contributed by atoms with Crippen LogP contribution in [0.25, 0.3) is 0 Å². The lowest BCUT2D eigenvalue weighted by Gasteiger charge is -2.23. The highest BCUT2D eigenvalue weighted by Crippen LogP contribution is 2.41. The minimum absolute atomic E-state index is 0.0327. The summed E-state index contributed by atoms with van der Waals surface area (Å²) >= 11 is 0. The van der Waals surface area contributed by atoms with Gasteiger partial charge in [-0.05, 0) is 19.3 Å². The van der Waals surface area contributed by atoms with Gasteiger partial charge in [-0.25, -0.2) is 4.79 Å². The minimum atomic E-state index is -4.10. The van der Waals surface area contributed by atoms with Crippen LogP contribution in [0.1, 0.15) is 32.1 Å². The Balaban J connectivity index is 2.48. The average molecular weight is 294 g/mol. The summed E-state index contributed by atoms with van der Waals surface area (Å²) in [4.78, 5) is 32.8. The van der Waals surface area contributed by atoms with Crippen LogP contribution in [-0.4, -0.2) is 42.2 Å². The van der Waals surface area contributed by atoms with Crippen LogP contribution in [0.3, 0.4) is 0 Å². The number of ether oxygens (including phenoxy) is 2.